The van der Waals surface area contributed by atoms with Gasteiger partial charge in [-0.25, -0.2) is 9.59 Å². The molecule has 11 heteroatoms. The zero-order chi connectivity index (χ0) is 25.8. The molecule has 6 N–H and O–H groups in total. The lowest BCUT2D eigenvalue weighted by molar-refractivity contribution is -0.145. The van der Waals surface area contributed by atoms with Crippen LogP contribution in [0.25, 0.3) is 0 Å². The fourth-order valence-electron chi connectivity index (χ4n) is 3.31. The molecule has 0 bridgehead atoms. The van der Waals surface area contributed by atoms with Crippen LogP contribution in [0.15, 0.2) is 0 Å². The van der Waals surface area contributed by atoms with Crippen LogP contribution >= 0.6 is 0 Å². The van der Waals surface area contributed by atoms with Gasteiger partial charge in [-0.1, -0.05) is 64.7 Å². The van der Waals surface area contributed by atoms with Crippen LogP contribution in [-0.4, -0.2) is 69.3 Å². The van der Waals surface area contributed by atoms with Crippen LogP contribution < -0.4 is 10.6 Å². The molecule has 0 radical (unpaired) electrons. The molecule has 0 aliphatic rings. The Balaban J connectivity index is 4.08. The molecule has 0 saturated carbocycles. The lowest BCUT2D eigenvalue weighted by atomic mass is 10.1. The molecule has 2 amide bonds. The molecule has 0 aliphatic carbocycles. The van der Waals surface area contributed by atoms with Gasteiger partial charge in [-0.3, -0.25) is 9.59 Å². The second-order valence-corrected chi connectivity index (χ2v) is 8.40. The standard InChI is InChI=1S/C23H42N2O9/c1-2-3-4-5-6-7-8-9-10-11-16-34-20(28)15-13-18(22(31)32)25-23(33)24-17(21(29)30)12-14-19(26)27/h17-18,22,31-32H,2-16H2,1H3,(H,26,27)(H,29,30)(H2,24,25,33)/t17-,18-/m0/s1. The highest BCUT2D eigenvalue weighted by Gasteiger charge is 2.25. The van der Waals surface area contributed by atoms with Gasteiger partial charge >= 0.3 is 23.9 Å². The molecular formula is C23H42N2O9. The molecule has 198 valence electrons. The number of carbonyl (C=O) groups excluding carboxylic acids is 2. The fourth-order valence-corrected chi connectivity index (χ4v) is 3.31. The van der Waals surface area contributed by atoms with E-state index in [-0.39, 0.29) is 25.9 Å². The zero-order valence-corrected chi connectivity index (χ0v) is 20.2. The Kier molecular flexibility index (Phi) is 18.6. The van der Waals surface area contributed by atoms with Gasteiger partial charge in [0.1, 0.15) is 6.04 Å². The molecule has 11 nitrogen and oxygen atoms in total. The summed E-state index contributed by atoms with van der Waals surface area (Å²) in [5, 5.41) is 40.8. The Morgan fingerprint density at radius 3 is 1.82 bits per heavy atom. The molecule has 0 aliphatic heterocycles. The number of carboxylic acid groups (broad SMARTS) is 2. The average molecular weight is 491 g/mol. The molecule has 0 spiro atoms. The third kappa shape index (κ3) is 18.1. The van der Waals surface area contributed by atoms with E-state index in [1.54, 1.807) is 0 Å². The summed E-state index contributed by atoms with van der Waals surface area (Å²) in [6.07, 6.45) is 8.52. The Bertz CT molecular complexity index is 599. The number of carbonyl (C=O) groups is 4. The van der Waals surface area contributed by atoms with Gasteiger partial charge < -0.3 is 35.8 Å². The van der Waals surface area contributed by atoms with E-state index in [0.717, 1.165) is 19.3 Å². The molecule has 0 rings (SSSR count). The second-order valence-electron chi connectivity index (χ2n) is 8.40. The van der Waals surface area contributed by atoms with Crippen molar-refractivity contribution in [2.24, 2.45) is 0 Å². The van der Waals surface area contributed by atoms with Gasteiger partial charge in [0.25, 0.3) is 0 Å². The largest absolute Gasteiger partial charge is 0.481 e. The molecule has 0 aromatic heterocycles. The van der Waals surface area contributed by atoms with E-state index in [1.165, 1.54) is 44.9 Å². The van der Waals surface area contributed by atoms with Crippen molar-refractivity contribution in [3.63, 3.8) is 0 Å². The van der Waals surface area contributed by atoms with Gasteiger partial charge in [0.15, 0.2) is 6.29 Å². The maximum absolute atomic E-state index is 12.0. The van der Waals surface area contributed by atoms with Gasteiger partial charge in [0.05, 0.1) is 12.6 Å². The summed E-state index contributed by atoms with van der Waals surface area (Å²) in [6, 6.07) is -3.72. The highest BCUT2D eigenvalue weighted by atomic mass is 16.5. The number of hydrogen-bond donors (Lipinski definition) is 6. The predicted molar refractivity (Wildman–Crippen MR) is 124 cm³/mol. The number of unbranched alkanes of at least 4 members (excludes halogenated alkanes) is 9. The number of ether oxygens (including phenoxy) is 1. The van der Waals surface area contributed by atoms with Crippen LogP contribution in [0.4, 0.5) is 4.79 Å². The number of esters is 1. The first-order valence-corrected chi connectivity index (χ1v) is 12.2. The van der Waals surface area contributed by atoms with Crippen molar-refractivity contribution in [1.82, 2.24) is 10.6 Å². The zero-order valence-electron chi connectivity index (χ0n) is 20.2. The van der Waals surface area contributed by atoms with Crippen LogP contribution in [0.5, 0.6) is 0 Å². The predicted octanol–water partition coefficient (Wildman–Crippen LogP) is 2.53. The highest BCUT2D eigenvalue weighted by Crippen LogP contribution is 2.11. The van der Waals surface area contributed by atoms with Crippen molar-refractivity contribution in [1.29, 1.82) is 0 Å². The van der Waals surface area contributed by atoms with E-state index in [2.05, 4.69) is 17.6 Å². The monoisotopic (exact) mass is 490 g/mol. The normalized spacial score (nSPS) is 12.7. The molecule has 2 atom stereocenters. The van der Waals surface area contributed by atoms with Gasteiger partial charge in [0, 0.05) is 12.8 Å². The third-order valence-corrected chi connectivity index (χ3v) is 5.35. The number of urea groups is 1. The Labute approximate surface area is 201 Å². The number of carboxylic acids is 2. The summed E-state index contributed by atoms with van der Waals surface area (Å²) >= 11 is 0. The molecule has 0 heterocycles. The van der Waals surface area contributed by atoms with Crippen molar-refractivity contribution in [3.05, 3.63) is 0 Å². The number of rotatable bonds is 21. The van der Waals surface area contributed by atoms with Crippen LogP contribution in [0.3, 0.4) is 0 Å². The molecular weight excluding hydrogens is 448 g/mol. The van der Waals surface area contributed by atoms with Crippen LogP contribution in [-0.2, 0) is 19.1 Å². The van der Waals surface area contributed by atoms with Gasteiger partial charge in [-0.2, -0.15) is 0 Å². The second kappa shape index (κ2) is 20.0. The Morgan fingerprint density at radius 2 is 1.32 bits per heavy atom. The van der Waals surface area contributed by atoms with Crippen molar-refractivity contribution in [3.8, 4) is 0 Å². The molecule has 0 saturated heterocycles. The summed E-state index contributed by atoms with van der Waals surface area (Å²) in [7, 11) is 0. The molecule has 0 fully saturated rings. The minimum atomic E-state index is -1.98. The summed E-state index contributed by atoms with van der Waals surface area (Å²) < 4.78 is 5.14. The Hall–Kier alpha value is -2.40. The molecule has 34 heavy (non-hydrogen) atoms. The number of aliphatic hydroxyl groups is 2. The number of aliphatic carboxylic acids is 2. The smallest absolute Gasteiger partial charge is 0.326 e. The fraction of sp³-hybridized carbons (Fsp3) is 0.826. The van der Waals surface area contributed by atoms with Gasteiger partial charge in [0.2, 0.25) is 0 Å². The minimum absolute atomic E-state index is 0.130. The van der Waals surface area contributed by atoms with Crippen LogP contribution in [0.1, 0.15) is 96.8 Å². The maximum atomic E-state index is 12.0. The van der Waals surface area contributed by atoms with E-state index >= 15 is 0 Å². The van der Waals surface area contributed by atoms with Crippen molar-refractivity contribution in [2.75, 3.05) is 6.61 Å². The van der Waals surface area contributed by atoms with Gasteiger partial charge in [-0.05, 0) is 19.3 Å². The molecule has 0 aromatic carbocycles. The number of amides is 2. The first kappa shape index (κ1) is 31.6. The summed E-state index contributed by atoms with van der Waals surface area (Å²) in [5.74, 6) is -3.17. The SMILES string of the molecule is CCCCCCCCCCCCOC(=O)CC[C@H](NC(=O)N[C@@H](CCC(=O)O)C(=O)O)C(O)O. The Morgan fingerprint density at radius 1 is 0.765 bits per heavy atom. The number of nitrogens with one attached hydrogen (secondary N) is 2. The van der Waals surface area contributed by atoms with E-state index in [9.17, 15) is 29.4 Å². The van der Waals surface area contributed by atoms with Crippen LogP contribution in [0, 0.1) is 0 Å². The topological polar surface area (TPSA) is 182 Å². The molecule has 0 unspecified atom stereocenters. The summed E-state index contributed by atoms with van der Waals surface area (Å²) in [5.41, 5.74) is 0. The summed E-state index contributed by atoms with van der Waals surface area (Å²) in [6.45, 7) is 2.48. The van der Waals surface area contributed by atoms with Crippen molar-refractivity contribution < 1.29 is 44.3 Å². The van der Waals surface area contributed by atoms with E-state index < -0.39 is 48.7 Å². The van der Waals surface area contributed by atoms with Gasteiger partial charge in [-0.15, -0.1) is 0 Å². The van der Waals surface area contributed by atoms with E-state index in [4.69, 9.17) is 14.9 Å². The lowest BCUT2D eigenvalue weighted by Gasteiger charge is -2.22. The highest BCUT2D eigenvalue weighted by molar-refractivity contribution is 5.83. The van der Waals surface area contributed by atoms with Crippen molar-refractivity contribution >= 4 is 23.9 Å². The number of aliphatic hydroxyl groups excluding tert-OH is 1. The lowest BCUT2D eigenvalue weighted by Crippen LogP contribution is -2.52. The first-order valence-electron chi connectivity index (χ1n) is 12.2. The van der Waals surface area contributed by atoms with E-state index in [0.29, 0.717) is 0 Å². The number of hydrogen-bond acceptors (Lipinski definition) is 7. The van der Waals surface area contributed by atoms with Crippen LogP contribution in [0.2, 0.25) is 0 Å². The average Bonchev–Trinajstić information content (AvgIpc) is 2.77. The van der Waals surface area contributed by atoms with E-state index in [1.807, 2.05) is 0 Å². The minimum Gasteiger partial charge on any atom is -0.481 e. The third-order valence-electron chi connectivity index (χ3n) is 5.35. The molecule has 0 aromatic rings. The summed E-state index contributed by atoms with van der Waals surface area (Å²) in [4.78, 5) is 45.6. The first-order chi connectivity index (χ1) is 16.2. The maximum Gasteiger partial charge on any atom is 0.326 e. The van der Waals surface area contributed by atoms with Crippen molar-refractivity contribution in [2.45, 2.75) is 115 Å². The quantitative estimate of drug-likeness (QED) is 0.0799.